The van der Waals surface area contributed by atoms with E-state index in [1.54, 1.807) is 36.5 Å². The van der Waals surface area contributed by atoms with Gasteiger partial charge in [-0.05, 0) is 29.3 Å². The van der Waals surface area contributed by atoms with E-state index in [9.17, 15) is 4.79 Å². The first kappa shape index (κ1) is 16.6. The van der Waals surface area contributed by atoms with Crippen LogP contribution in [0.1, 0.15) is 21.6 Å². The molecule has 3 rings (SSSR count). The van der Waals surface area contributed by atoms with E-state index in [2.05, 4.69) is 20.5 Å². The number of nitrogens with one attached hydrogen (secondary N) is 1. The van der Waals surface area contributed by atoms with E-state index in [1.165, 1.54) is 0 Å². The molecule has 1 amide bonds. The molecule has 25 heavy (non-hydrogen) atoms. The number of pyridine rings is 1. The summed E-state index contributed by atoms with van der Waals surface area (Å²) in [5.41, 5.74) is 2.44. The van der Waals surface area contributed by atoms with Crippen molar-refractivity contribution in [3.63, 3.8) is 0 Å². The molecule has 0 unspecified atom stereocenters. The summed E-state index contributed by atoms with van der Waals surface area (Å²) in [5, 5.41) is 11.3. The van der Waals surface area contributed by atoms with Crippen LogP contribution in [-0.2, 0) is 13.1 Å². The predicted octanol–water partition coefficient (Wildman–Crippen LogP) is 2.76. The topological polar surface area (TPSA) is 71.0 Å². The Balaban J connectivity index is 1.58. The van der Waals surface area contributed by atoms with Crippen LogP contribution in [0.5, 0.6) is 0 Å². The molecule has 0 aliphatic rings. The molecule has 6 heteroatoms. The molecule has 0 spiro atoms. The zero-order valence-electron chi connectivity index (χ0n) is 14.0. The molecule has 3 aromatic rings. The molecule has 0 atom stereocenters. The molecule has 0 aliphatic heterocycles. The van der Waals surface area contributed by atoms with Gasteiger partial charge in [0.25, 0.3) is 5.91 Å². The van der Waals surface area contributed by atoms with Gasteiger partial charge in [0.1, 0.15) is 5.82 Å². The number of hydrogen-bond donors (Lipinski definition) is 1. The number of carbonyl (C=O) groups is 1. The second-order valence-electron chi connectivity index (χ2n) is 5.67. The number of carbonyl (C=O) groups excluding carboxylic acids is 1. The first-order chi connectivity index (χ1) is 12.2. The van der Waals surface area contributed by atoms with Crippen LogP contribution < -0.4 is 5.32 Å². The lowest BCUT2D eigenvalue weighted by molar-refractivity contribution is 0.0778. The fourth-order valence-corrected chi connectivity index (χ4v) is 2.36. The zero-order chi connectivity index (χ0) is 17.5. The second-order valence-corrected chi connectivity index (χ2v) is 5.67. The Morgan fingerprint density at radius 2 is 1.80 bits per heavy atom. The van der Waals surface area contributed by atoms with Crippen molar-refractivity contribution >= 4 is 11.7 Å². The van der Waals surface area contributed by atoms with Gasteiger partial charge in [0.05, 0.1) is 0 Å². The van der Waals surface area contributed by atoms with Crippen LogP contribution >= 0.6 is 0 Å². The maximum atomic E-state index is 12.4. The zero-order valence-corrected chi connectivity index (χ0v) is 14.0. The van der Waals surface area contributed by atoms with Gasteiger partial charge in [-0.2, -0.15) is 0 Å². The highest BCUT2D eigenvalue weighted by atomic mass is 16.2. The third kappa shape index (κ3) is 4.60. The molecule has 0 fully saturated rings. The smallest absolute Gasteiger partial charge is 0.274 e. The van der Waals surface area contributed by atoms with Crippen molar-refractivity contribution in [2.24, 2.45) is 0 Å². The van der Waals surface area contributed by atoms with E-state index in [0.717, 1.165) is 11.1 Å². The lowest BCUT2D eigenvalue weighted by Gasteiger charge is -2.16. The van der Waals surface area contributed by atoms with E-state index in [-0.39, 0.29) is 5.91 Å². The van der Waals surface area contributed by atoms with Gasteiger partial charge in [0, 0.05) is 32.5 Å². The molecule has 0 bridgehead atoms. The van der Waals surface area contributed by atoms with Crippen molar-refractivity contribution in [3.05, 3.63) is 83.8 Å². The molecular weight excluding hydrogens is 314 g/mol. The van der Waals surface area contributed by atoms with Crippen molar-refractivity contribution in [2.75, 3.05) is 12.4 Å². The number of nitrogens with zero attached hydrogens (tertiary/aromatic N) is 4. The summed E-state index contributed by atoms with van der Waals surface area (Å²) in [6.45, 7) is 1.13. The largest absolute Gasteiger partial charge is 0.364 e. The predicted molar refractivity (Wildman–Crippen MR) is 95.8 cm³/mol. The third-order valence-corrected chi connectivity index (χ3v) is 3.69. The van der Waals surface area contributed by atoms with Gasteiger partial charge in [-0.25, -0.2) is 0 Å². The number of anilines is 1. The molecule has 0 saturated heterocycles. The molecular formula is C19H19N5O. The van der Waals surface area contributed by atoms with Crippen LogP contribution in [0.4, 0.5) is 5.82 Å². The first-order valence-corrected chi connectivity index (χ1v) is 7.98. The highest BCUT2D eigenvalue weighted by Crippen LogP contribution is 2.09. The molecule has 6 nitrogen and oxygen atoms in total. The van der Waals surface area contributed by atoms with Crippen LogP contribution in [0.25, 0.3) is 0 Å². The number of rotatable bonds is 6. The Bertz CT molecular complexity index is 806. The summed E-state index contributed by atoms with van der Waals surface area (Å²) >= 11 is 0. The van der Waals surface area contributed by atoms with E-state index in [1.807, 2.05) is 42.5 Å². The van der Waals surface area contributed by atoms with Crippen molar-refractivity contribution in [1.82, 2.24) is 20.1 Å². The summed E-state index contributed by atoms with van der Waals surface area (Å²) in [7, 11) is 1.76. The third-order valence-electron chi connectivity index (χ3n) is 3.69. The Morgan fingerprint density at radius 1 is 1.00 bits per heavy atom. The maximum Gasteiger partial charge on any atom is 0.274 e. The molecule has 1 N–H and O–H groups in total. The number of aromatic nitrogens is 3. The van der Waals surface area contributed by atoms with E-state index in [0.29, 0.717) is 24.6 Å². The Labute approximate surface area is 146 Å². The fraction of sp³-hybridized carbons (Fsp3) is 0.158. The van der Waals surface area contributed by atoms with Crippen LogP contribution in [0.3, 0.4) is 0 Å². The van der Waals surface area contributed by atoms with Crippen molar-refractivity contribution in [2.45, 2.75) is 13.1 Å². The fourth-order valence-electron chi connectivity index (χ4n) is 2.36. The van der Waals surface area contributed by atoms with Crippen LogP contribution in [0, 0.1) is 0 Å². The van der Waals surface area contributed by atoms with Gasteiger partial charge in [-0.3, -0.25) is 9.78 Å². The Hall–Kier alpha value is -3.28. The highest BCUT2D eigenvalue weighted by molar-refractivity contribution is 5.92. The van der Waals surface area contributed by atoms with Crippen molar-refractivity contribution in [1.29, 1.82) is 0 Å². The van der Waals surface area contributed by atoms with Crippen LogP contribution in [0.15, 0.2) is 67.0 Å². The molecule has 0 radical (unpaired) electrons. The van der Waals surface area contributed by atoms with Crippen molar-refractivity contribution < 1.29 is 4.79 Å². The number of amides is 1. The van der Waals surface area contributed by atoms with Gasteiger partial charge < -0.3 is 10.2 Å². The van der Waals surface area contributed by atoms with Crippen LogP contribution in [0.2, 0.25) is 0 Å². The lowest BCUT2D eigenvalue weighted by Crippen LogP contribution is -2.27. The highest BCUT2D eigenvalue weighted by Gasteiger charge is 2.14. The molecule has 0 aliphatic carbocycles. The molecule has 1 aromatic carbocycles. The minimum absolute atomic E-state index is 0.157. The molecule has 2 aromatic heterocycles. The van der Waals surface area contributed by atoms with Gasteiger partial charge in [0.15, 0.2) is 5.69 Å². The number of benzene rings is 1. The van der Waals surface area contributed by atoms with Gasteiger partial charge in [-0.1, -0.05) is 36.4 Å². The normalized spacial score (nSPS) is 10.3. The van der Waals surface area contributed by atoms with E-state index in [4.69, 9.17) is 0 Å². The van der Waals surface area contributed by atoms with E-state index >= 15 is 0 Å². The summed E-state index contributed by atoms with van der Waals surface area (Å²) in [5.74, 6) is 0.460. The second kappa shape index (κ2) is 8.01. The standard InChI is InChI=1S/C19H19N5O/c1-24(14-15-6-3-2-4-7-15)19(25)17-9-10-18(23-22-17)21-13-16-8-5-11-20-12-16/h2-12H,13-14H2,1H3,(H,21,23). The van der Waals surface area contributed by atoms with Gasteiger partial charge in [0.2, 0.25) is 0 Å². The lowest BCUT2D eigenvalue weighted by atomic mass is 10.2. The van der Waals surface area contributed by atoms with Gasteiger partial charge >= 0.3 is 0 Å². The minimum atomic E-state index is -0.157. The summed E-state index contributed by atoms with van der Waals surface area (Å²) in [4.78, 5) is 18.1. The molecule has 2 heterocycles. The minimum Gasteiger partial charge on any atom is -0.364 e. The summed E-state index contributed by atoms with van der Waals surface area (Å²) in [6.07, 6.45) is 3.52. The van der Waals surface area contributed by atoms with Crippen molar-refractivity contribution in [3.8, 4) is 0 Å². The Morgan fingerprint density at radius 3 is 2.48 bits per heavy atom. The van der Waals surface area contributed by atoms with Gasteiger partial charge in [-0.15, -0.1) is 10.2 Å². The SMILES string of the molecule is CN(Cc1ccccc1)C(=O)c1ccc(NCc2cccnc2)nn1. The molecule has 126 valence electrons. The first-order valence-electron chi connectivity index (χ1n) is 7.98. The quantitative estimate of drug-likeness (QED) is 0.751. The average Bonchev–Trinajstić information content (AvgIpc) is 2.68. The number of hydrogen-bond acceptors (Lipinski definition) is 5. The molecule has 0 saturated carbocycles. The monoisotopic (exact) mass is 333 g/mol. The summed E-state index contributed by atoms with van der Waals surface area (Å²) in [6, 6.07) is 17.1. The van der Waals surface area contributed by atoms with E-state index < -0.39 is 0 Å². The maximum absolute atomic E-state index is 12.4. The average molecular weight is 333 g/mol. The summed E-state index contributed by atoms with van der Waals surface area (Å²) < 4.78 is 0. The van der Waals surface area contributed by atoms with Crippen LogP contribution in [-0.4, -0.2) is 33.0 Å². The Kier molecular flexibility index (Phi) is 5.31.